The normalized spacial score (nSPS) is 26.6. The smallest absolute Gasteiger partial charge is 0.248 e. The third-order valence-electron chi connectivity index (χ3n) is 3.90. The highest BCUT2D eigenvalue weighted by atomic mass is 19.1. The molecule has 1 amide bonds. The van der Waals surface area contributed by atoms with Crippen LogP contribution in [0.4, 0.5) is 4.39 Å². The number of carbonyl (C=O) groups excluding carboxylic acids is 1. The fourth-order valence-electron chi connectivity index (χ4n) is 2.23. The van der Waals surface area contributed by atoms with Crippen LogP contribution in [0.2, 0.25) is 0 Å². The van der Waals surface area contributed by atoms with E-state index in [-0.39, 0.29) is 17.5 Å². The Morgan fingerprint density at radius 1 is 1.63 bits per heavy atom. The minimum atomic E-state index is -0.551. The van der Waals surface area contributed by atoms with Gasteiger partial charge in [0, 0.05) is 29.8 Å². The van der Waals surface area contributed by atoms with E-state index in [1.165, 1.54) is 18.2 Å². The number of benzene rings is 1. The quantitative estimate of drug-likeness (QED) is 0.869. The molecule has 5 heteroatoms. The zero-order chi connectivity index (χ0) is 14.0. The Bertz CT molecular complexity index is 492. The number of hydrogen-bond acceptors (Lipinski definition) is 3. The lowest BCUT2D eigenvalue weighted by molar-refractivity contribution is 0.0880. The summed E-state index contributed by atoms with van der Waals surface area (Å²) >= 11 is 0. The molecule has 1 saturated heterocycles. The van der Waals surface area contributed by atoms with Crippen LogP contribution in [0.1, 0.15) is 36.2 Å². The summed E-state index contributed by atoms with van der Waals surface area (Å²) in [4.78, 5) is 11.1. The summed E-state index contributed by atoms with van der Waals surface area (Å²) in [6.45, 7) is 5.10. The standard InChI is InChI=1S/C14H19FN2O2/c1-9-14(2,5-6-19-9)17-8-11-7-10(13(16)18)3-4-12(11)15/h3-4,7,9,17H,5-6,8H2,1-2H3,(H2,16,18). The van der Waals surface area contributed by atoms with Gasteiger partial charge in [0.15, 0.2) is 0 Å². The summed E-state index contributed by atoms with van der Waals surface area (Å²) in [5.74, 6) is -0.891. The van der Waals surface area contributed by atoms with Gasteiger partial charge in [0.25, 0.3) is 0 Å². The molecule has 0 saturated carbocycles. The number of carbonyl (C=O) groups is 1. The van der Waals surface area contributed by atoms with Crippen LogP contribution in [0.25, 0.3) is 0 Å². The molecule has 1 heterocycles. The monoisotopic (exact) mass is 266 g/mol. The van der Waals surface area contributed by atoms with Gasteiger partial charge in [-0.1, -0.05) is 0 Å². The van der Waals surface area contributed by atoms with E-state index in [1.807, 2.05) is 6.92 Å². The van der Waals surface area contributed by atoms with Crippen molar-refractivity contribution in [2.75, 3.05) is 6.61 Å². The van der Waals surface area contributed by atoms with Crippen LogP contribution < -0.4 is 11.1 Å². The lowest BCUT2D eigenvalue weighted by atomic mass is 9.94. The van der Waals surface area contributed by atoms with Gasteiger partial charge in [-0.3, -0.25) is 4.79 Å². The van der Waals surface area contributed by atoms with E-state index in [2.05, 4.69) is 12.2 Å². The second-order valence-electron chi connectivity index (χ2n) is 5.20. The third kappa shape index (κ3) is 2.93. The maximum absolute atomic E-state index is 13.7. The molecule has 0 spiro atoms. The van der Waals surface area contributed by atoms with Gasteiger partial charge in [-0.05, 0) is 38.5 Å². The summed E-state index contributed by atoms with van der Waals surface area (Å²) in [6.07, 6.45) is 0.959. The summed E-state index contributed by atoms with van der Waals surface area (Å²) in [6, 6.07) is 4.16. The molecular weight excluding hydrogens is 247 g/mol. The molecular formula is C14H19FN2O2. The fraction of sp³-hybridized carbons (Fsp3) is 0.500. The average Bonchev–Trinajstić information content (AvgIpc) is 2.69. The van der Waals surface area contributed by atoms with Crippen molar-refractivity contribution in [3.63, 3.8) is 0 Å². The van der Waals surface area contributed by atoms with Crippen molar-refractivity contribution in [3.05, 3.63) is 35.1 Å². The van der Waals surface area contributed by atoms with Crippen LogP contribution in [-0.4, -0.2) is 24.2 Å². The van der Waals surface area contributed by atoms with E-state index in [1.54, 1.807) is 0 Å². The number of primary amides is 1. The van der Waals surface area contributed by atoms with Crippen LogP contribution in [0.3, 0.4) is 0 Å². The molecule has 1 aromatic carbocycles. The van der Waals surface area contributed by atoms with Gasteiger partial charge in [0.2, 0.25) is 5.91 Å². The second-order valence-corrected chi connectivity index (χ2v) is 5.20. The van der Waals surface area contributed by atoms with Gasteiger partial charge >= 0.3 is 0 Å². The number of amides is 1. The largest absolute Gasteiger partial charge is 0.377 e. The molecule has 2 unspecified atom stereocenters. The maximum atomic E-state index is 13.7. The van der Waals surface area contributed by atoms with Gasteiger partial charge in [0.1, 0.15) is 5.82 Å². The third-order valence-corrected chi connectivity index (χ3v) is 3.90. The van der Waals surface area contributed by atoms with Gasteiger partial charge in [-0.25, -0.2) is 4.39 Å². The van der Waals surface area contributed by atoms with E-state index in [0.717, 1.165) is 6.42 Å². The van der Waals surface area contributed by atoms with E-state index in [9.17, 15) is 9.18 Å². The van der Waals surface area contributed by atoms with Crippen molar-refractivity contribution >= 4 is 5.91 Å². The highest BCUT2D eigenvalue weighted by Crippen LogP contribution is 2.25. The zero-order valence-corrected chi connectivity index (χ0v) is 11.2. The topological polar surface area (TPSA) is 64.3 Å². The molecule has 4 nitrogen and oxygen atoms in total. The molecule has 2 rings (SSSR count). The van der Waals surface area contributed by atoms with Gasteiger partial charge in [-0.2, -0.15) is 0 Å². The molecule has 0 radical (unpaired) electrons. The highest BCUT2D eigenvalue weighted by Gasteiger charge is 2.36. The average molecular weight is 266 g/mol. The Morgan fingerprint density at radius 2 is 2.37 bits per heavy atom. The van der Waals surface area contributed by atoms with Crippen LogP contribution in [0.15, 0.2) is 18.2 Å². The number of hydrogen-bond donors (Lipinski definition) is 2. The van der Waals surface area contributed by atoms with Crippen molar-refractivity contribution in [2.24, 2.45) is 5.73 Å². The number of ether oxygens (including phenoxy) is 1. The molecule has 1 aliphatic rings. The van der Waals surface area contributed by atoms with E-state index in [0.29, 0.717) is 24.3 Å². The number of halogens is 1. The number of nitrogens with one attached hydrogen (secondary N) is 1. The Labute approximate surface area is 112 Å². The van der Waals surface area contributed by atoms with Crippen molar-refractivity contribution in [1.82, 2.24) is 5.32 Å². The first-order valence-electron chi connectivity index (χ1n) is 6.37. The predicted octanol–water partition coefficient (Wildman–Crippen LogP) is 1.58. The van der Waals surface area contributed by atoms with Gasteiger partial charge in [-0.15, -0.1) is 0 Å². The Hall–Kier alpha value is -1.46. The maximum Gasteiger partial charge on any atom is 0.248 e. The lowest BCUT2D eigenvalue weighted by Crippen LogP contribution is -2.47. The molecule has 1 aromatic rings. The minimum Gasteiger partial charge on any atom is -0.377 e. The molecule has 19 heavy (non-hydrogen) atoms. The molecule has 104 valence electrons. The molecule has 0 bridgehead atoms. The van der Waals surface area contributed by atoms with Crippen LogP contribution in [0.5, 0.6) is 0 Å². The van der Waals surface area contributed by atoms with Crippen molar-refractivity contribution in [2.45, 2.75) is 38.5 Å². The first kappa shape index (κ1) is 14.0. The van der Waals surface area contributed by atoms with E-state index in [4.69, 9.17) is 10.5 Å². The zero-order valence-electron chi connectivity index (χ0n) is 11.2. The lowest BCUT2D eigenvalue weighted by Gasteiger charge is -2.29. The minimum absolute atomic E-state index is 0.0786. The molecule has 1 fully saturated rings. The number of rotatable bonds is 4. The first-order valence-corrected chi connectivity index (χ1v) is 6.37. The highest BCUT2D eigenvalue weighted by molar-refractivity contribution is 5.92. The first-order chi connectivity index (χ1) is 8.92. The Kier molecular flexibility index (Phi) is 3.87. The van der Waals surface area contributed by atoms with E-state index < -0.39 is 5.91 Å². The van der Waals surface area contributed by atoms with Crippen LogP contribution in [-0.2, 0) is 11.3 Å². The van der Waals surface area contributed by atoms with Crippen LogP contribution >= 0.6 is 0 Å². The summed E-state index contributed by atoms with van der Waals surface area (Å²) < 4.78 is 19.2. The summed E-state index contributed by atoms with van der Waals surface area (Å²) in [7, 11) is 0. The molecule has 0 aromatic heterocycles. The fourth-order valence-corrected chi connectivity index (χ4v) is 2.23. The SMILES string of the molecule is CC1OCCC1(C)NCc1cc(C(N)=O)ccc1F. The number of nitrogens with two attached hydrogens (primary N) is 1. The van der Waals surface area contributed by atoms with Crippen molar-refractivity contribution in [3.8, 4) is 0 Å². The molecule has 1 aliphatic heterocycles. The molecule has 0 aliphatic carbocycles. The van der Waals surface area contributed by atoms with Crippen molar-refractivity contribution < 1.29 is 13.9 Å². The Balaban J connectivity index is 2.11. The van der Waals surface area contributed by atoms with Crippen LogP contribution in [0, 0.1) is 5.82 Å². The summed E-state index contributed by atoms with van der Waals surface area (Å²) in [5, 5.41) is 3.31. The van der Waals surface area contributed by atoms with Gasteiger partial charge in [0.05, 0.1) is 6.10 Å². The van der Waals surface area contributed by atoms with E-state index >= 15 is 0 Å². The summed E-state index contributed by atoms with van der Waals surface area (Å²) in [5.41, 5.74) is 5.79. The Morgan fingerprint density at radius 3 is 2.95 bits per heavy atom. The van der Waals surface area contributed by atoms with Gasteiger partial charge < -0.3 is 15.8 Å². The van der Waals surface area contributed by atoms with Crippen molar-refractivity contribution in [1.29, 1.82) is 0 Å². The molecule has 3 N–H and O–H groups in total. The molecule has 2 atom stereocenters. The predicted molar refractivity (Wildman–Crippen MR) is 70.2 cm³/mol. The second kappa shape index (κ2) is 5.27.